The van der Waals surface area contributed by atoms with E-state index < -0.39 is 5.91 Å². The number of aromatic nitrogens is 1. The van der Waals surface area contributed by atoms with Crippen molar-refractivity contribution in [3.8, 4) is 11.3 Å². The van der Waals surface area contributed by atoms with Crippen LogP contribution in [0.15, 0.2) is 47.8 Å². The maximum Gasteiger partial charge on any atom is 0.253 e. The molecule has 2 N–H and O–H groups in total. The van der Waals surface area contributed by atoms with Crippen molar-refractivity contribution in [1.29, 1.82) is 0 Å². The Morgan fingerprint density at radius 2 is 1.93 bits per heavy atom. The van der Waals surface area contributed by atoms with Crippen molar-refractivity contribution in [2.45, 2.75) is 6.92 Å². The first kappa shape index (κ1) is 19.4. The van der Waals surface area contributed by atoms with Crippen LogP contribution in [-0.4, -0.2) is 23.3 Å². The van der Waals surface area contributed by atoms with Gasteiger partial charge in [-0.25, -0.2) is 4.98 Å². The highest BCUT2D eigenvalue weighted by molar-refractivity contribution is 7.14. The van der Waals surface area contributed by atoms with E-state index in [4.69, 9.17) is 23.2 Å². The molecule has 0 radical (unpaired) electrons. The van der Waals surface area contributed by atoms with Crippen LogP contribution in [-0.2, 0) is 4.79 Å². The van der Waals surface area contributed by atoms with Crippen LogP contribution in [0.1, 0.15) is 15.9 Å². The Morgan fingerprint density at radius 1 is 1.15 bits per heavy atom. The molecule has 0 atom stereocenters. The van der Waals surface area contributed by atoms with Crippen LogP contribution in [0.5, 0.6) is 0 Å². The SMILES string of the molecule is Cc1ccccc1-c1csc(NC(=O)CNC(=O)c2ccc(Cl)cc2Cl)n1. The Kier molecular flexibility index (Phi) is 6.11. The summed E-state index contributed by atoms with van der Waals surface area (Å²) in [5, 5.41) is 8.21. The number of halogens is 2. The van der Waals surface area contributed by atoms with E-state index >= 15 is 0 Å². The minimum Gasteiger partial charge on any atom is -0.343 e. The van der Waals surface area contributed by atoms with Gasteiger partial charge in [-0.15, -0.1) is 11.3 Å². The molecular weight excluding hydrogens is 405 g/mol. The van der Waals surface area contributed by atoms with Crippen molar-refractivity contribution in [2.24, 2.45) is 0 Å². The second-order valence-electron chi connectivity index (χ2n) is 5.71. The largest absolute Gasteiger partial charge is 0.343 e. The van der Waals surface area contributed by atoms with E-state index in [0.29, 0.717) is 10.2 Å². The molecule has 3 aromatic rings. The average molecular weight is 420 g/mol. The number of benzene rings is 2. The molecule has 0 saturated carbocycles. The van der Waals surface area contributed by atoms with Crippen molar-refractivity contribution < 1.29 is 9.59 Å². The summed E-state index contributed by atoms with van der Waals surface area (Å²) in [6, 6.07) is 12.4. The Bertz CT molecular complexity index is 1000. The van der Waals surface area contributed by atoms with Crippen molar-refractivity contribution in [1.82, 2.24) is 10.3 Å². The second-order valence-corrected chi connectivity index (χ2v) is 7.41. The molecule has 2 amide bonds. The van der Waals surface area contributed by atoms with Crippen molar-refractivity contribution >= 4 is 51.5 Å². The summed E-state index contributed by atoms with van der Waals surface area (Å²) in [6.07, 6.45) is 0. The fourth-order valence-corrected chi connectivity index (χ4v) is 3.63. The Labute approximate surface area is 170 Å². The van der Waals surface area contributed by atoms with Gasteiger partial charge in [0.2, 0.25) is 5.91 Å². The molecule has 27 heavy (non-hydrogen) atoms. The molecule has 0 unspecified atom stereocenters. The zero-order chi connectivity index (χ0) is 19.4. The summed E-state index contributed by atoms with van der Waals surface area (Å²) in [4.78, 5) is 28.6. The molecular formula is C19H15Cl2N3O2S. The van der Waals surface area contributed by atoms with Crippen LogP contribution >= 0.6 is 34.5 Å². The molecule has 5 nitrogen and oxygen atoms in total. The van der Waals surface area contributed by atoms with Gasteiger partial charge in [-0.2, -0.15) is 0 Å². The van der Waals surface area contributed by atoms with Gasteiger partial charge in [-0.1, -0.05) is 47.5 Å². The van der Waals surface area contributed by atoms with Crippen LogP contribution in [0, 0.1) is 6.92 Å². The van der Waals surface area contributed by atoms with Crippen LogP contribution in [0.25, 0.3) is 11.3 Å². The zero-order valence-electron chi connectivity index (χ0n) is 14.3. The predicted molar refractivity (Wildman–Crippen MR) is 110 cm³/mol. The second kappa shape index (κ2) is 8.52. The molecule has 1 aromatic heterocycles. The summed E-state index contributed by atoms with van der Waals surface area (Å²) in [5.74, 6) is -0.828. The highest BCUT2D eigenvalue weighted by Gasteiger charge is 2.13. The molecule has 138 valence electrons. The Hall–Kier alpha value is -2.41. The first-order valence-electron chi connectivity index (χ1n) is 7.98. The molecule has 1 heterocycles. The Balaban J connectivity index is 1.58. The van der Waals surface area contributed by atoms with Gasteiger partial charge >= 0.3 is 0 Å². The van der Waals surface area contributed by atoms with Crippen LogP contribution in [0.4, 0.5) is 5.13 Å². The minimum absolute atomic E-state index is 0.197. The van der Waals surface area contributed by atoms with Gasteiger partial charge in [0.1, 0.15) is 0 Å². The molecule has 8 heteroatoms. The zero-order valence-corrected chi connectivity index (χ0v) is 16.6. The summed E-state index contributed by atoms with van der Waals surface area (Å²) in [5.41, 5.74) is 3.17. The lowest BCUT2D eigenvalue weighted by atomic mass is 10.1. The van der Waals surface area contributed by atoms with Gasteiger partial charge in [-0.05, 0) is 30.7 Å². The molecule has 0 aliphatic rings. The van der Waals surface area contributed by atoms with Crippen molar-refractivity contribution in [3.63, 3.8) is 0 Å². The molecule has 0 spiro atoms. The lowest BCUT2D eigenvalue weighted by molar-refractivity contribution is -0.115. The number of aryl methyl sites for hydroxylation is 1. The first-order valence-corrected chi connectivity index (χ1v) is 9.62. The van der Waals surface area contributed by atoms with E-state index in [1.807, 2.05) is 36.6 Å². The van der Waals surface area contributed by atoms with E-state index in [1.165, 1.54) is 23.5 Å². The van der Waals surface area contributed by atoms with Crippen molar-refractivity contribution in [2.75, 3.05) is 11.9 Å². The van der Waals surface area contributed by atoms with Gasteiger partial charge in [0.05, 0.1) is 22.8 Å². The number of hydrogen-bond donors (Lipinski definition) is 2. The van der Waals surface area contributed by atoms with E-state index in [-0.39, 0.29) is 23.0 Å². The molecule has 0 bridgehead atoms. The third kappa shape index (κ3) is 4.86. The normalized spacial score (nSPS) is 10.5. The molecule has 0 aliphatic carbocycles. The first-order chi connectivity index (χ1) is 12.9. The van der Waals surface area contributed by atoms with Crippen LogP contribution in [0.3, 0.4) is 0 Å². The number of thiazole rings is 1. The highest BCUT2D eigenvalue weighted by atomic mass is 35.5. The number of carbonyl (C=O) groups is 2. The van der Waals surface area contributed by atoms with Crippen LogP contribution < -0.4 is 10.6 Å². The highest BCUT2D eigenvalue weighted by Crippen LogP contribution is 2.27. The maximum absolute atomic E-state index is 12.1. The van der Waals surface area contributed by atoms with Gasteiger partial charge in [0.25, 0.3) is 5.91 Å². The van der Waals surface area contributed by atoms with E-state index in [0.717, 1.165) is 16.8 Å². The molecule has 0 saturated heterocycles. The number of hydrogen-bond acceptors (Lipinski definition) is 4. The van der Waals surface area contributed by atoms with Gasteiger partial charge in [0.15, 0.2) is 5.13 Å². The predicted octanol–water partition coefficient (Wildman–Crippen LogP) is 4.79. The summed E-state index contributed by atoms with van der Waals surface area (Å²) >= 11 is 13.1. The average Bonchev–Trinajstić information content (AvgIpc) is 3.08. The third-order valence-corrected chi connectivity index (χ3v) is 5.06. The number of anilines is 1. The lowest BCUT2D eigenvalue weighted by Crippen LogP contribution is -2.33. The number of amides is 2. The smallest absolute Gasteiger partial charge is 0.253 e. The number of nitrogens with zero attached hydrogens (tertiary/aromatic N) is 1. The topological polar surface area (TPSA) is 71.1 Å². The number of nitrogens with one attached hydrogen (secondary N) is 2. The number of rotatable bonds is 5. The summed E-state index contributed by atoms with van der Waals surface area (Å²) in [6.45, 7) is 1.81. The monoisotopic (exact) mass is 419 g/mol. The Morgan fingerprint density at radius 3 is 2.67 bits per heavy atom. The van der Waals surface area contributed by atoms with Crippen molar-refractivity contribution in [3.05, 3.63) is 69.0 Å². The summed E-state index contributed by atoms with van der Waals surface area (Å²) < 4.78 is 0. The van der Waals surface area contributed by atoms with Gasteiger partial charge in [0, 0.05) is 16.0 Å². The lowest BCUT2D eigenvalue weighted by Gasteiger charge is -2.07. The maximum atomic E-state index is 12.1. The van der Waals surface area contributed by atoms with E-state index in [9.17, 15) is 9.59 Å². The van der Waals surface area contributed by atoms with Crippen LogP contribution in [0.2, 0.25) is 10.0 Å². The quantitative estimate of drug-likeness (QED) is 0.623. The third-order valence-electron chi connectivity index (χ3n) is 3.76. The van der Waals surface area contributed by atoms with E-state index in [2.05, 4.69) is 15.6 Å². The van der Waals surface area contributed by atoms with Gasteiger partial charge < -0.3 is 10.6 Å². The molecule has 2 aromatic carbocycles. The molecule has 0 aliphatic heterocycles. The summed E-state index contributed by atoms with van der Waals surface area (Å²) in [7, 11) is 0. The minimum atomic E-state index is -0.452. The van der Waals surface area contributed by atoms with Gasteiger partial charge in [-0.3, -0.25) is 9.59 Å². The molecule has 3 rings (SSSR count). The fourth-order valence-electron chi connectivity index (χ4n) is 2.41. The van der Waals surface area contributed by atoms with E-state index in [1.54, 1.807) is 6.07 Å². The number of carbonyl (C=O) groups excluding carboxylic acids is 2. The molecule has 0 fully saturated rings. The fraction of sp³-hybridized carbons (Fsp3) is 0.105. The standard InChI is InChI=1S/C19H15Cl2N3O2S/c1-11-4-2-3-5-13(11)16-10-27-19(23-16)24-17(25)9-22-18(26)14-7-6-12(20)8-15(14)21/h2-8,10H,9H2,1H3,(H,22,26)(H,23,24,25).